The lowest BCUT2D eigenvalue weighted by Crippen LogP contribution is -2.50. The Balaban J connectivity index is 1.89. The fourth-order valence-corrected chi connectivity index (χ4v) is 2.45. The number of carbonyl (C=O) groups excluding carboxylic acids is 1. The van der Waals surface area contributed by atoms with Gasteiger partial charge in [-0.05, 0) is 31.6 Å². The largest absolute Gasteiger partial charge is 0.356 e. The van der Waals surface area contributed by atoms with Gasteiger partial charge in [-0.25, -0.2) is 0 Å². The fraction of sp³-hybridized carbons (Fsp3) is 0.933. The number of carbonyl (C=O) groups is 1. The van der Waals surface area contributed by atoms with Gasteiger partial charge in [-0.2, -0.15) is 0 Å². The van der Waals surface area contributed by atoms with Crippen LogP contribution < -0.4 is 11.1 Å². The smallest absolute Gasteiger partial charge is 0.221 e. The second-order valence-electron chi connectivity index (χ2n) is 6.34. The molecule has 0 aromatic carbocycles. The molecule has 0 atom stereocenters. The van der Waals surface area contributed by atoms with E-state index in [4.69, 9.17) is 5.73 Å². The normalized spacial score (nSPS) is 17.6. The maximum Gasteiger partial charge on any atom is 0.221 e. The molecule has 106 valence electrons. The molecule has 1 fully saturated rings. The Morgan fingerprint density at radius 2 is 1.89 bits per heavy atom. The van der Waals surface area contributed by atoms with E-state index in [-0.39, 0.29) is 11.4 Å². The van der Waals surface area contributed by atoms with E-state index in [0.717, 1.165) is 31.7 Å². The van der Waals surface area contributed by atoms with E-state index in [0.29, 0.717) is 6.42 Å². The van der Waals surface area contributed by atoms with Crippen molar-refractivity contribution in [3.63, 3.8) is 0 Å². The van der Waals surface area contributed by atoms with Gasteiger partial charge in [-0.1, -0.05) is 39.5 Å². The van der Waals surface area contributed by atoms with E-state index < -0.39 is 0 Å². The van der Waals surface area contributed by atoms with Crippen LogP contribution in [0.5, 0.6) is 0 Å². The van der Waals surface area contributed by atoms with E-state index in [1.807, 2.05) is 0 Å². The molecule has 0 bridgehead atoms. The van der Waals surface area contributed by atoms with Crippen molar-refractivity contribution in [2.24, 2.45) is 11.7 Å². The Morgan fingerprint density at radius 1 is 1.22 bits per heavy atom. The van der Waals surface area contributed by atoms with Crippen molar-refractivity contribution < 1.29 is 4.79 Å². The van der Waals surface area contributed by atoms with Crippen LogP contribution in [0.4, 0.5) is 0 Å². The number of unbranched alkanes of at least 4 members (excludes halogenated alkanes) is 3. The van der Waals surface area contributed by atoms with Crippen molar-refractivity contribution in [2.75, 3.05) is 6.54 Å². The van der Waals surface area contributed by atoms with Crippen LogP contribution in [-0.4, -0.2) is 18.0 Å². The molecule has 1 aliphatic carbocycles. The van der Waals surface area contributed by atoms with Crippen LogP contribution in [0.15, 0.2) is 0 Å². The predicted molar refractivity (Wildman–Crippen MR) is 76.3 cm³/mol. The summed E-state index contributed by atoms with van der Waals surface area (Å²) in [6, 6.07) is 0. The van der Waals surface area contributed by atoms with Crippen molar-refractivity contribution in [3.05, 3.63) is 0 Å². The topological polar surface area (TPSA) is 55.1 Å². The molecule has 1 rings (SSSR count). The molecule has 0 radical (unpaired) electrons. The summed E-state index contributed by atoms with van der Waals surface area (Å²) in [4.78, 5) is 11.6. The highest BCUT2D eigenvalue weighted by molar-refractivity contribution is 5.77. The van der Waals surface area contributed by atoms with Crippen LogP contribution in [0.25, 0.3) is 0 Å². The lowest BCUT2D eigenvalue weighted by molar-refractivity contribution is -0.123. The third-order valence-corrected chi connectivity index (χ3v) is 3.89. The summed E-state index contributed by atoms with van der Waals surface area (Å²) in [5.74, 6) is 0.951. The number of nitrogens with one attached hydrogen (secondary N) is 1. The predicted octanol–water partition coefficient (Wildman–Crippen LogP) is 2.98. The zero-order valence-electron chi connectivity index (χ0n) is 12.1. The Labute approximate surface area is 112 Å². The highest BCUT2D eigenvalue weighted by Gasteiger charge is 2.34. The maximum atomic E-state index is 11.6. The summed E-state index contributed by atoms with van der Waals surface area (Å²) in [6.45, 7) is 5.35. The van der Waals surface area contributed by atoms with Gasteiger partial charge >= 0.3 is 0 Å². The van der Waals surface area contributed by atoms with E-state index in [2.05, 4.69) is 19.2 Å². The molecule has 0 spiro atoms. The summed E-state index contributed by atoms with van der Waals surface area (Å²) < 4.78 is 0. The molecule has 18 heavy (non-hydrogen) atoms. The summed E-state index contributed by atoms with van der Waals surface area (Å²) in [7, 11) is 0. The molecular formula is C15H30N2O. The molecule has 0 unspecified atom stereocenters. The first kappa shape index (κ1) is 15.5. The minimum Gasteiger partial charge on any atom is -0.356 e. The quantitative estimate of drug-likeness (QED) is 0.621. The SMILES string of the molecule is CC(C)CCCCCCNC(=O)CC1(N)CCC1. The molecule has 3 N–H and O–H groups in total. The van der Waals surface area contributed by atoms with Crippen LogP contribution in [-0.2, 0) is 4.79 Å². The number of rotatable bonds is 9. The molecule has 0 aromatic rings. The van der Waals surface area contributed by atoms with Gasteiger partial charge < -0.3 is 11.1 Å². The van der Waals surface area contributed by atoms with Crippen molar-refractivity contribution in [1.29, 1.82) is 0 Å². The zero-order chi connectivity index (χ0) is 13.4. The van der Waals surface area contributed by atoms with E-state index in [1.165, 1.54) is 32.1 Å². The van der Waals surface area contributed by atoms with Gasteiger partial charge in [0.05, 0.1) is 0 Å². The fourth-order valence-electron chi connectivity index (χ4n) is 2.45. The molecule has 1 amide bonds. The Bertz CT molecular complexity index is 247. The molecule has 0 aromatic heterocycles. The van der Waals surface area contributed by atoms with Gasteiger partial charge in [0.2, 0.25) is 5.91 Å². The molecule has 3 heteroatoms. The Kier molecular flexibility index (Phi) is 6.69. The third-order valence-electron chi connectivity index (χ3n) is 3.89. The summed E-state index contributed by atoms with van der Waals surface area (Å²) >= 11 is 0. The number of hydrogen-bond donors (Lipinski definition) is 2. The minimum atomic E-state index is -0.179. The number of hydrogen-bond acceptors (Lipinski definition) is 2. The summed E-state index contributed by atoms with van der Waals surface area (Å²) in [6.07, 6.45) is 9.96. The van der Waals surface area contributed by atoms with Crippen LogP contribution in [0, 0.1) is 5.92 Å². The Hall–Kier alpha value is -0.570. The second-order valence-corrected chi connectivity index (χ2v) is 6.34. The highest BCUT2D eigenvalue weighted by Crippen LogP contribution is 2.31. The third kappa shape index (κ3) is 6.39. The molecule has 3 nitrogen and oxygen atoms in total. The van der Waals surface area contributed by atoms with Crippen LogP contribution in [0.2, 0.25) is 0 Å². The van der Waals surface area contributed by atoms with Crippen molar-refractivity contribution in [1.82, 2.24) is 5.32 Å². The highest BCUT2D eigenvalue weighted by atomic mass is 16.1. The van der Waals surface area contributed by atoms with Crippen molar-refractivity contribution >= 4 is 5.91 Å². The lowest BCUT2D eigenvalue weighted by atomic mass is 9.75. The first-order valence-electron chi connectivity index (χ1n) is 7.57. The van der Waals surface area contributed by atoms with Crippen LogP contribution in [0.1, 0.15) is 71.6 Å². The van der Waals surface area contributed by atoms with Gasteiger partial charge in [0.1, 0.15) is 0 Å². The summed E-state index contributed by atoms with van der Waals surface area (Å²) in [5.41, 5.74) is 5.86. The van der Waals surface area contributed by atoms with E-state index >= 15 is 0 Å². The second kappa shape index (κ2) is 7.78. The molecule has 1 aliphatic rings. The first-order chi connectivity index (χ1) is 8.52. The zero-order valence-corrected chi connectivity index (χ0v) is 12.1. The summed E-state index contributed by atoms with van der Waals surface area (Å²) in [5, 5.41) is 2.99. The molecule has 0 saturated heterocycles. The van der Waals surface area contributed by atoms with Crippen LogP contribution >= 0.6 is 0 Å². The Morgan fingerprint density at radius 3 is 2.44 bits per heavy atom. The van der Waals surface area contributed by atoms with Gasteiger partial charge in [0.15, 0.2) is 0 Å². The first-order valence-corrected chi connectivity index (χ1v) is 7.57. The monoisotopic (exact) mass is 254 g/mol. The number of nitrogens with two attached hydrogens (primary N) is 1. The average molecular weight is 254 g/mol. The van der Waals surface area contributed by atoms with Crippen LogP contribution in [0.3, 0.4) is 0 Å². The van der Waals surface area contributed by atoms with Crippen molar-refractivity contribution in [2.45, 2.75) is 77.2 Å². The molecule has 1 saturated carbocycles. The van der Waals surface area contributed by atoms with Gasteiger partial charge in [0, 0.05) is 18.5 Å². The van der Waals surface area contributed by atoms with Crippen molar-refractivity contribution in [3.8, 4) is 0 Å². The average Bonchev–Trinajstić information content (AvgIpc) is 2.25. The number of amides is 1. The standard InChI is InChI=1S/C15H30N2O/c1-13(2)8-5-3-4-6-11-17-14(18)12-15(16)9-7-10-15/h13H,3-12,16H2,1-2H3,(H,17,18). The van der Waals surface area contributed by atoms with Gasteiger partial charge in [-0.15, -0.1) is 0 Å². The van der Waals surface area contributed by atoms with E-state index in [9.17, 15) is 4.79 Å². The lowest BCUT2D eigenvalue weighted by Gasteiger charge is -2.37. The maximum absolute atomic E-state index is 11.6. The molecule has 0 aliphatic heterocycles. The molecule has 0 heterocycles. The minimum absolute atomic E-state index is 0.138. The van der Waals surface area contributed by atoms with Gasteiger partial charge in [0.25, 0.3) is 0 Å². The molecular weight excluding hydrogens is 224 g/mol. The van der Waals surface area contributed by atoms with Gasteiger partial charge in [-0.3, -0.25) is 4.79 Å². The van der Waals surface area contributed by atoms with E-state index in [1.54, 1.807) is 0 Å².